The molecule has 0 amide bonds. The molecule has 0 radical (unpaired) electrons. The summed E-state index contributed by atoms with van der Waals surface area (Å²) in [6.45, 7) is 5.40. The summed E-state index contributed by atoms with van der Waals surface area (Å²) in [7, 11) is 1.92. The number of hydrogen-bond donors (Lipinski definition) is 1. The average molecular weight is 340 g/mol. The Morgan fingerprint density at radius 1 is 1.67 bits per heavy atom. The van der Waals surface area contributed by atoms with Crippen LogP contribution in [0.2, 0.25) is 0 Å². The Labute approximate surface area is 112 Å². The number of thiazole rings is 1. The summed E-state index contributed by atoms with van der Waals surface area (Å²) in [5.74, 6) is 0.568. The third kappa shape index (κ3) is 4.78. The van der Waals surface area contributed by atoms with Crippen LogP contribution in [0.25, 0.3) is 0 Å². The van der Waals surface area contributed by atoms with E-state index in [1.807, 2.05) is 31.2 Å². The Morgan fingerprint density at radius 2 is 2.33 bits per heavy atom. The Hall–Kier alpha value is -0.370. The molecule has 0 spiro atoms. The molecule has 2 N–H and O–H groups in total. The van der Waals surface area contributed by atoms with Crippen LogP contribution in [-0.4, -0.2) is 29.4 Å². The lowest BCUT2D eigenvalue weighted by Crippen LogP contribution is -2.33. The highest BCUT2D eigenvalue weighted by molar-refractivity contribution is 14.0. The average Bonchev–Trinajstić information content (AvgIpc) is 2.51. The summed E-state index contributed by atoms with van der Waals surface area (Å²) in [5.41, 5.74) is 6.78. The molecule has 0 unspecified atom stereocenters. The number of guanidine groups is 1. The molecule has 0 atom stereocenters. The molecule has 1 aromatic rings. The number of nitrogens with two attached hydrogens (primary N) is 1. The first-order valence-electron chi connectivity index (χ1n) is 4.55. The molecule has 0 saturated carbocycles. The molecule has 0 aliphatic heterocycles. The standard InChI is InChI=1S/C9H16N4S.HI/c1-4-11-9(10)13(3)5-8-6-14-7(2)12-8;/h6H,4-5H2,1-3H3,(H2,10,11);1H. The van der Waals surface area contributed by atoms with E-state index < -0.39 is 0 Å². The van der Waals surface area contributed by atoms with E-state index >= 15 is 0 Å². The Morgan fingerprint density at radius 3 is 2.80 bits per heavy atom. The van der Waals surface area contributed by atoms with Crippen LogP contribution in [0.4, 0.5) is 0 Å². The minimum absolute atomic E-state index is 0. The van der Waals surface area contributed by atoms with Gasteiger partial charge in [0.15, 0.2) is 5.96 Å². The van der Waals surface area contributed by atoms with E-state index in [0.717, 1.165) is 17.2 Å². The van der Waals surface area contributed by atoms with Crippen LogP contribution < -0.4 is 5.73 Å². The van der Waals surface area contributed by atoms with Gasteiger partial charge >= 0.3 is 0 Å². The number of nitrogens with zero attached hydrogens (tertiary/aromatic N) is 3. The van der Waals surface area contributed by atoms with Crippen LogP contribution in [0.15, 0.2) is 10.4 Å². The second-order valence-corrected chi connectivity index (χ2v) is 4.11. The molecular formula is C9H17IN4S. The van der Waals surface area contributed by atoms with Crippen LogP contribution in [-0.2, 0) is 6.54 Å². The molecule has 0 fully saturated rings. The molecule has 1 rings (SSSR count). The summed E-state index contributed by atoms with van der Waals surface area (Å²) < 4.78 is 0. The maximum absolute atomic E-state index is 5.73. The van der Waals surface area contributed by atoms with Crippen molar-refractivity contribution in [1.82, 2.24) is 9.88 Å². The van der Waals surface area contributed by atoms with Crippen LogP contribution in [0.3, 0.4) is 0 Å². The molecule has 0 aliphatic rings. The van der Waals surface area contributed by atoms with Gasteiger partial charge in [-0.1, -0.05) is 0 Å². The fourth-order valence-electron chi connectivity index (χ4n) is 1.09. The zero-order valence-corrected chi connectivity index (χ0v) is 12.4. The maximum Gasteiger partial charge on any atom is 0.191 e. The first-order chi connectivity index (χ1) is 6.63. The first kappa shape index (κ1) is 14.6. The highest BCUT2D eigenvalue weighted by atomic mass is 127. The quantitative estimate of drug-likeness (QED) is 0.519. The molecule has 0 aliphatic carbocycles. The molecule has 1 heterocycles. The molecule has 4 nitrogen and oxygen atoms in total. The van der Waals surface area contributed by atoms with Crippen molar-refractivity contribution in [1.29, 1.82) is 0 Å². The van der Waals surface area contributed by atoms with E-state index in [2.05, 4.69) is 9.98 Å². The van der Waals surface area contributed by atoms with Crippen molar-refractivity contribution in [2.75, 3.05) is 13.6 Å². The third-order valence-electron chi connectivity index (χ3n) is 1.78. The zero-order chi connectivity index (χ0) is 10.6. The normalized spacial score (nSPS) is 11.0. The van der Waals surface area contributed by atoms with Crippen molar-refractivity contribution in [3.8, 4) is 0 Å². The second kappa shape index (κ2) is 7.00. The van der Waals surface area contributed by atoms with E-state index in [1.165, 1.54) is 0 Å². The van der Waals surface area contributed by atoms with Gasteiger partial charge in [0.25, 0.3) is 0 Å². The Bertz CT molecular complexity index is 324. The van der Waals surface area contributed by atoms with Gasteiger partial charge in [0.2, 0.25) is 0 Å². The van der Waals surface area contributed by atoms with Crippen LogP contribution in [0.5, 0.6) is 0 Å². The van der Waals surface area contributed by atoms with Crippen LogP contribution in [0.1, 0.15) is 17.6 Å². The molecular weight excluding hydrogens is 323 g/mol. The summed E-state index contributed by atoms with van der Waals surface area (Å²) in [6.07, 6.45) is 0. The topological polar surface area (TPSA) is 54.5 Å². The number of aromatic nitrogens is 1. The van der Waals surface area contributed by atoms with Gasteiger partial charge in [-0.25, -0.2) is 4.98 Å². The van der Waals surface area contributed by atoms with Gasteiger partial charge in [-0.05, 0) is 13.8 Å². The number of aryl methyl sites for hydroxylation is 1. The largest absolute Gasteiger partial charge is 0.370 e. The Balaban J connectivity index is 0.00000196. The van der Waals surface area contributed by atoms with Crippen molar-refractivity contribution >= 4 is 41.3 Å². The molecule has 6 heteroatoms. The number of rotatable bonds is 3. The van der Waals surface area contributed by atoms with Crippen molar-refractivity contribution in [2.24, 2.45) is 10.7 Å². The summed E-state index contributed by atoms with van der Waals surface area (Å²) in [5, 5.41) is 3.13. The van der Waals surface area contributed by atoms with Gasteiger partial charge in [-0.2, -0.15) is 0 Å². The van der Waals surface area contributed by atoms with E-state index in [1.54, 1.807) is 11.3 Å². The predicted molar refractivity (Wildman–Crippen MR) is 75.9 cm³/mol. The van der Waals surface area contributed by atoms with E-state index in [-0.39, 0.29) is 24.0 Å². The second-order valence-electron chi connectivity index (χ2n) is 3.05. The predicted octanol–water partition coefficient (Wildman–Crippen LogP) is 1.84. The maximum atomic E-state index is 5.73. The highest BCUT2D eigenvalue weighted by Crippen LogP contribution is 2.09. The molecule has 0 aromatic carbocycles. The first-order valence-corrected chi connectivity index (χ1v) is 5.43. The molecule has 15 heavy (non-hydrogen) atoms. The molecule has 0 bridgehead atoms. The minimum Gasteiger partial charge on any atom is -0.370 e. The molecule has 0 saturated heterocycles. The molecule has 1 aromatic heterocycles. The third-order valence-corrected chi connectivity index (χ3v) is 2.60. The van der Waals surface area contributed by atoms with Gasteiger partial charge in [0, 0.05) is 19.0 Å². The summed E-state index contributed by atoms with van der Waals surface area (Å²) >= 11 is 1.65. The van der Waals surface area contributed by atoms with Crippen molar-refractivity contribution in [3.05, 3.63) is 16.1 Å². The van der Waals surface area contributed by atoms with Gasteiger partial charge in [0.05, 0.1) is 17.2 Å². The van der Waals surface area contributed by atoms with E-state index in [9.17, 15) is 0 Å². The highest BCUT2D eigenvalue weighted by Gasteiger charge is 2.04. The van der Waals surface area contributed by atoms with Gasteiger partial charge in [-0.15, -0.1) is 35.3 Å². The van der Waals surface area contributed by atoms with Gasteiger partial charge < -0.3 is 10.6 Å². The summed E-state index contributed by atoms with van der Waals surface area (Å²) in [4.78, 5) is 10.4. The smallest absolute Gasteiger partial charge is 0.191 e. The Kier molecular flexibility index (Phi) is 6.82. The SMILES string of the molecule is CCN=C(N)N(C)Cc1csc(C)n1.I. The fourth-order valence-corrected chi connectivity index (χ4v) is 1.69. The van der Waals surface area contributed by atoms with Crippen molar-refractivity contribution in [3.63, 3.8) is 0 Å². The van der Waals surface area contributed by atoms with Gasteiger partial charge in [0.1, 0.15) is 0 Å². The fraction of sp³-hybridized carbons (Fsp3) is 0.556. The summed E-state index contributed by atoms with van der Waals surface area (Å²) in [6, 6.07) is 0. The van der Waals surface area contributed by atoms with Crippen molar-refractivity contribution in [2.45, 2.75) is 20.4 Å². The number of hydrogen-bond acceptors (Lipinski definition) is 3. The van der Waals surface area contributed by atoms with Crippen molar-refractivity contribution < 1.29 is 0 Å². The van der Waals surface area contributed by atoms with Crippen LogP contribution >= 0.6 is 35.3 Å². The lowest BCUT2D eigenvalue weighted by atomic mass is 10.4. The zero-order valence-electron chi connectivity index (χ0n) is 9.23. The van der Waals surface area contributed by atoms with Crippen LogP contribution in [0, 0.1) is 6.92 Å². The lowest BCUT2D eigenvalue weighted by molar-refractivity contribution is 0.486. The van der Waals surface area contributed by atoms with E-state index in [4.69, 9.17) is 5.73 Å². The number of aliphatic imine (C=N–C) groups is 1. The minimum atomic E-state index is 0. The van der Waals surface area contributed by atoms with E-state index in [0.29, 0.717) is 12.5 Å². The number of halogens is 1. The monoisotopic (exact) mass is 340 g/mol. The molecule has 86 valence electrons. The lowest BCUT2D eigenvalue weighted by Gasteiger charge is -2.16. The van der Waals surface area contributed by atoms with Gasteiger partial charge in [-0.3, -0.25) is 4.99 Å².